The number of nitrogens with one attached hydrogen (secondary N) is 2. The zero-order valence-electron chi connectivity index (χ0n) is 9.78. The molecule has 17 heavy (non-hydrogen) atoms. The van der Waals surface area contributed by atoms with E-state index in [2.05, 4.69) is 15.6 Å². The summed E-state index contributed by atoms with van der Waals surface area (Å²) < 4.78 is 4.81. The number of carbonyl (C=O) groups is 2. The van der Waals surface area contributed by atoms with Crippen LogP contribution in [-0.4, -0.2) is 37.1 Å². The van der Waals surface area contributed by atoms with Crippen LogP contribution in [0.25, 0.3) is 0 Å². The number of ether oxygens (including phenoxy) is 1. The Labute approximate surface area is 103 Å². The van der Waals surface area contributed by atoms with E-state index in [-0.39, 0.29) is 18.2 Å². The highest BCUT2D eigenvalue weighted by Gasteiger charge is 2.07. The molecule has 6 nitrogen and oxygen atoms in total. The van der Waals surface area contributed by atoms with Crippen LogP contribution in [-0.2, 0) is 20.7 Å². The van der Waals surface area contributed by atoms with E-state index in [0.717, 1.165) is 0 Å². The van der Waals surface area contributed by atoms with Gasteiger partial charge in [0.25, 0.3) is 0 Å². The van der Waals surface area contributed by atoms with Gasteiger partial charge in [-0.1, -0.05) is 0 Å². The van der Waals surface area contributed by atoms with Gasteiger partial charge in [0, 0.05) is 26.0 Å². The summed E-state index contributed by atoms with van der Waals surface area (Å²) in [7, 11) is 1.58. The molecule has 0 bridgehead atoms. The van der Waals surface area contributed by atoms with Crippen molar-refractivity contribution in [1.82, 2.24) is 10.3 Å². The standard InChI is InChI=1S/C10H15N3O3S/c1-7(14)12-10-13-8(6-17-10)5-9(15)11-3-4-16-2/h6H,3-5H2,1-2H3,(H,11,15)(H,12,13,14). The Hall–Kier alpha value is -1.47. The molecule has 0 radical (unpaired) electrons. The fourth-order valence-corrected chi connectivity index (χ4v) is 1.87. The molecule has 1 aromatic heterocycles. The van der Waals surface area contributed by atoms with E-state index in [1.165, 1.54) is 18.3 Å². The number of thiazole rings is 1. The molecule has 0 saturated heterocycles. The molecule has 1 rings (SSSR count). The highest BCUT2D eigenvalue weighted by molar-refractivity contribution is 7.13. The van der Waals surface area contributed by atoms with Crippen LogP contribution >= 0.6 is 11.3 Å². The zero-order chi connectivity index (χ0) is 12.7. The van der Waals surface area contributed by atoms with E-state index in [0.29, 0.717) is 24.0 Å². The molecule has 0 unspecified atom stereocenters. The number of carbonyl (C=O) groups excluding carboxylic acids is 2. The van der Waals surface area contributed by atoms with E-state index in [4.69, 9.17) is 4.74 Å². The lowest BCUT2D eigenvalue weighted by Crippen LogP contribution is -2.28. The molecular weight excluding hydrogens is 242 g/mol. The Morgan fingerprint density at radius 1 is 1.53 bits per heavy atom. The molecule has 0 aliphatic heterocycles. The molecule has 0 aliphatic carbocycles. The Morgan fingerprint density at radius 3 is 2.94 bits per heavy atom. The number of anilines is 1. The predicted molar refractivity (Wildman–Crippen MR) is 65.0 cm³/mol. The molecule has 2 amide bonds. The zero-order valence-corrected chi connectivity index (χ0v) is 10.6. The second-order valence-corrected chi connectivity index (χ2v) is 4.20. The molecule has 2 N–H and O–H groups in total. The van der Waals surface area contributed by atoms with Gasteiger partial charge < -0.3 is 15.4 Å². The maximum Gasteiger partial charge on any atom is 0.226 e. The van der Waals surface area contributed by atoms with Crippen molar-refractivity contribution in [2.45, 2.75) is 13.3 Å². The van der Waals surface area contributed by atoms with Crippen molar-refractivity contribution in [3.63, 3.8) is 0 Å². The van der Waals surface area contributed by atoms with Crippen LogP contribution in [0.15, 0.2) is 5.38 Å². The monoisotopic (exact) mass is 257 g/mol. The average Bonchev–Trinajstić information content (AvgIpc) is 2.64. The topological polar surface area (TPSA) is 80.3 Å². The third-order valence-corrected chi connectivity index (χ3v) is 2.61. The van der Waals surface area contributed by atoms with E-state index < -0.39 is 0 Å². The van der Waals surface area contributed by atoms with Gasteiger partial charge in [-0.2, -0.15) is 0 Å². The number of amides is 2. The summed E-state index contributed by atoms with van der Waals surface area (Å²) in [5.74, 6) is -0.280. The normalized spacial score (nSPS) is 10.0. The molecular formula is C10H15N3O3S. The summed E-state index contributed by atoms with van der Waals surface area (Å²) in [5, 5.41) is 7.53. The van der Waals surface area contributed by atoms with Gasteiger partial charge in [0.15, 0.2) is 5.13 Å². The summed E-state index contributed by atoms with van der Waals surface area (Å²) in [6.07, 6.45) is 0.208. The molecule has 0 fully saturated rings. The van der Waals surface area contributed by atoms with Crippen molar-refractivity contribution in [3.8, 4) is 0 Å². The van der Waals surface area contributed by atoms with Crippen molar-refractivity contribution in [2.24, 2.45) is 0 Å². The third kappa shape index (κ3) is 5.41. The highest BCUT2D eigenvalue weighted by atomic mass is 32.1. The van der Waals surface area contributed by atoms with Gasteiger partial charge >= 0.3 is 0 Å². The average molecular weight is 257 g/mol. The van der Waals surface area contributed by atoms with Crippen LogP contribution in [0.5, 0.6) is 0 Å². The SMILES string of the molecule is COCCNC(=O)Cc1csc(NC(C)=O)n1. The lowest BCUT2D eigenvalue weighted by atomic mass is 10.3. The lowest BCUT2D eigenvalue weighted by Gasteiger charge is -2.02. The highest BCUT2D eigenvalue weighted by Crippen LogP contribution is 2.15. The van der Waals surface area contributed by atoms with Crippen LogP contribution in [0.2, 0.25) is 0 Å². The molecule has 7 heteroatoms. The quantitative estimate of drug-likeness (QED) is 0.723. The molecule has 0 atom stereocenters. The fourth-order valence-electron chi connectivity index (χ4n) is 1.12. The van der Waals surface area contributed by atoms with Crippen LogP contribution in [0.1, 0.15) is 12.6 Å². The van der Waals surface area contributed by atoms with Gasteiger partial charge in [-0.25, -0.2) is 4.98 Å². The molecule has 0 spiro atoms. The Bertz CT molecular complexity index is 392. The lowest BCUT2D eigenvalue weighted by molar-refractivity contribution is -0.120. The van der Waals surface area contributed by atoms with Gasteiger partial charge in [-0.3, -0.25) is 9.59 Å². The first-order valence-corrected chi connectivity index (χ1v) is 5.97. The molecule has 0 saturated carbocycles. The van der Waals surface area contributed by atoms with Gasteiger partial charge in [0.2, 0.25) is 11.8 Å². The Morgan fingerprint density at radius 2 is 2.29 bits per heavy atom. The second-order valence-electron chi connectivity index (χ2n) is 3.34. The largest absolute Gasteiger partial charge is 0.383 e. The van der Waals surface area contributed by atoms with E-state index in [1.807, 2.05) is 0 Å². The van der Waals surface area contributed by atoms with Crippen molar-refractivity contribution < 1.29 is 14.3 Å². The van der Waals surface area contributed by atoms with Crippen LogP contribution in [0.3, 0.4) is 0 Å². The number of hydrogen-bond donors (Lipinski definition) is 2. The van der Waals surface area contributed by atoms with Gasteiger partial charge in [-0.05, 0) is 0 Å². The predicted octanol–water partition coefficient (Wildman–Crippen LogP) is 0.407. The summed E-state index contributed by atoms with van der Waals surface area (Å²) in [6.45, 7) is 2.39. The Balaban J connectivity index is 2.38. The smallest absolute Gasteiger partial charge is 0.226 e. The first kappa shape index (κ1) is 13.6. The minimum Gasteiger partial charge on any atom is -0.383 e. The second kappa shape index (κ2) is 6.97. The first-order chi connectivity index (χ1) is 8.11. The maximum absolute atomic E-state index is 11.4. The van der Waals surface area contributed by atoms with Crippen molar-refractivity contribution >= 4 is 28.3 Å². The van der Waals surface area contributed by atoms with Crippen LogP contribution in [0, 0.1) is 0 Å². The third-order valence-electron chi connectivity index (χ3n) is 1.80. The van der Waals surface area contributed by atoms with Gasteiger partial charge in [0.1, 0.15) is 0 Å². The van der Waals surface area contributed by atoms with Crippen LogP contribution in [0.4, 0.5) is 5.13 Å². The van der Waals surface area contributed by atoms with Gasteiger partial charge in [-0.15, -0.1) is 11.3 Å². The van der Waals surface area contributed by atoms with E-state index >= 15 is 0 Å². The Kier molecular flexibility index (Phi) is 5.58. The summed E-state index contributed by atoms with van der Waals surface area (Å²) in [6, 6.07) is 0. The van der Waals surface area contributed by atoms with Crippen molar-refractivity contribution in [3.05, 3.63) is 11.1 Å². The van der Waals surface area contributed by atoms with Crippen LogP contribution < -0.4 is 10.6 Å². The van der Waals surface area contributed by atoms with E-state index in [1.54, 1.807) is 12.5 Å². The van der Waals surface area contributed by atoms with Crippen molar-refractivity contribution in [1.29, 1.82) is 0 Å². The summed E-state index contributed by atoms with van der Waals surface area (Å²) in [4.78, 5) is 26.3. The number of aromatic nitrogens is 1. The summed E-state index contributed by atoms with van der Waals surface area (Å²) in [5.41, 5.74) is 0.647. The molecule has 1 heterocycles. The van der Waals surface area contributed by atoms with Gasteiger partial charge in [0.05, 0.1) is 18.7 Å². The number of rotatable bonds is 6. The molecule has 0 aromatic carbocycles. The number of methoxy groups -OCH3 is 1. The number of hydrogen-bond acceptors (Lipinski definition) is 5. The fraction of sp³-hybridized carbons (Fsp3) is 0.500. The molecule has 94 valence electrons. The van der Waals surface area contributed by atoms with Crippen molar-refractivity contribution in [2.75, 3.05) is 25.6 Å². The molecule has 0 aliphatic rings. The minimum atomic E-state index is -0.171. The summed E-state index contributed by atoms with van der Waals surface area (Å²) >= 11 is 1.30. The number of nitrogens with zero attached hydrogens (tertiary/aromatic N) is 1. The van der Waals surface area contributed by atoms with E-state index in [9.17, 15) is 9.59 Å². The first-order valence-electron chi connectivity index (χ1n) is 5.09. The molecule has 1 aromatic rings. The maximum atomic E-state index is 11.4. The minimum absolute atomic E-state index is 0.110.